The quantitative estimate of drug-likeness (QED) is 0.589. The molecule has 0 N–H and O–H groups in total. The Labute approximate surface area is 174 Å². The molecule has 0 aliphatic carbocycles. The molecule has 3 aromatic rings. The number of ketones is 1. The lowest BCUT2D eigenvalue weighted by Crippen LogP contribution is -2.35. The van der Waals surface area contributed by atoms with Crippen LogP contribution in [0.5, 0.6) is 0 Å². The summed E-state index contributed by atoms with van der Waals surface area (Å²) in [6, 6.07) is 21.5. The van der Waals surface area contributed by atoms with Crippen LogP contribution in [-0.4, -0.2) is 35.5 Å². The summed E-state index contributed by atoms with van der Waals surface area (Å²) < 4.78 is 0. The van der Waals surface area contributed by atoms with Gasteiger partial charge in [-0.15, -0.1) is 0 Å². The lowest BCUT2D eigenvalue weighted by Gasteiger charge is -2.20. The lowest BCUT2D eigenvalue weighted by atomic mass is 9.97. The van der Waals surface area contributed by atoms with Crippen LogP contribution >= 0.6 is 11.6 Å². The van der Waals surface area contributed by atoms with E-state index in [0.717, 1.165) is 5.56 Å². The molecule has 0 atom stereocenters. The predicted octanol–water partition coefficient (Wildman–Crippen LogP) is 4.78. The van der Waals surface area contributed by atoms with E-state index in [9.17, 15) is 9.59 Å². The van der Waals surface area contributed by atoms with Gasteiger partial charge in [-0.1, -0.05) is 53.6 Å². The van der Waals surface area contributed by atoms with E-state index in [0.29, 0.717) is 46.2 Å². The van der Waals surface area contributed by atoms with Crippen LogP contribution in [-0.2, 0) is 0 Å². The van der Waals surface area contributed by atoms with Crippen molar-refractivity contribution in [1.29, 1.82) is 0 Å². The van der Waals surface area contributed by atoms with Crippen LogP contribution in [0.25, 0.3) is 0 Å². The highest BCUT2D eigenvalue weighted by Gasteiger charge is 2.28. The maximum atomic E-state index is 13.1. The van der Waals surface area contributed by atoms with Crippen LogP contribution in [0.15, 0.2) is 77.8 Å². The fourth-order valence-electron chi connectivity index (χ4n) is 3.36. The third-order valence-electron chi connectivity index (χ3n) is 4.90. The zero-order valence-electron chi connectivity index (χ0n) is 15.9. The Hall–Kier alpha value is -3.24. The van der Waals surface area contributed by atoms with Gasteiger partial charge in [-0.3, -0.25) is 19.5 Å². The first kappa shape index (κ1) is 19.1. The first-order valence-corrected chi connectivity index (χ1v) is 9.75. The second-order valence-electron chi connectivity index (χ2n) is 6.91. The van der Waals surface area contributed by atoms with E-state index < -0.39 is 0 Å². The molecule has 0 radical (unpaired) electrons. The highest BCUT2D eigenvalue weighted by Crippen LogP contribution is 2.22. The van der Waals surface area contributed by atoms with Crippen molar-refractivity contribution in [1.82, 2.24) is 4.90 Å². The summed E-state index contributed by atoms with van der Waals surface area (Å²) >= 11 is 5.94. The van der Waals surface area contributed by atoms with E-state index in [1.165, 1.54) is 0 Å². The van der Waals surface area contributed by atoms with Crippen LogP contribution in [0.4, 0.5) is 0 Å². The molecule has 0 spiro atoms. The van der Waals surface area contributed by atoms with Crippen molar-refractivity contribution in [2.24, 2.45) is 4.99 Å². The SMILES string of the molecule is Cc1ccc(C(=O)N2CCN=C2c2ccccc2C(=O)c2ccc(Cl)cc2)cc1. The summed E-state index contributed by atoms with van der Waals surface area (Å²) in [5.74, 6) is 0.290. The molecule has 3 aromatic carbocycles. The molecule has 0 unspecified atom stereocenters. The van der Waals surface area contributed by atoms with Crippen molar-refractivity contribution in [3.05, 3.63) is 106 Å². The number of carbonyl (C=O) groups excluding carboxylic acids is 2. The fourth-order valence-corrected chi connectivity index (χ4v) is 3.49. The number of hydrogen-bond donors (Lipinski definition) is 0. The Morgan fingerprint density at radius 1 is 0.897 bits per heavy atom. The number of halogens is 1. The third-order valence-corrected chi connectivity index (χ3v) is 5.16. The number of carbonyl (C=O) groups is 2. The average Bonchev–Trinajstić information content (AvgIpc) is 3.23. The number of aliphatic imine (C=N–C) groups is 1. The third kappa shape index (κ3) is 3.84. The Morgan fingerprint density at radius 2 is 1.55 bits per heavy atom. The van der Waals surface area contributed by atoms with Gasteiger partial charge in [0.1, 0.15) is 5.84 Å². The minimum Gasteiger partial charge on any atom is -0.291 e. The molecule has 29 heavy (non-hydrogen) atoms. The largest absolute Gasteiger partial charge is 0.291 e. The molecule has 0 fully saturated rings. The van der Waals surface area contributed by atoms with E-state index in [2.05, 4.69) is 4.99 Å². The normalized spacial score (nSPS) is 13.3. The zero-order valence-corrected chi connectivity index (χ0v) is 16.7. The molecule has 0 saturated carbocycles. The molecule has 1 heterocycles. The van der Waals surface area contributed by atoms with Gasteiger partial charge in [0, 0.05) is 33.8 Å². The van der Waals surface area contributed by atoms with E-state index >= 15 is 0 Å². The summed E-state index contributed by atoms with van der Waals surface area (Å²) in [5, 5.41) is 0.574. The average molecular weight is 403 g/mol. The number of benzene rings is 3. The number of rotatable bonds is 4. The summed E-state index contributed by atoms with van der Waals surface area (Å²) in [6.07, 6.45) is 0. The van der Waals surface area contributed by atoms with Gasteiger partial charge < -0.3 is 0 Å². The van der Waals surface area contributed by atoms with E-state index in [1.807, 2.05) is 49.4 Å². The molecule has 1 aliphatic heterocycles. The fraction of sp³-hybridized carbons (Fsp3) is 0.125. The van der Waals surface area contributed by atoms with Crippen molar-refractivity contribution in [2.75, 3.05) is 13.1 Å². The van der Waals surface area contributed by atoms with Gasteiger partial charge in [-0.25, -0.2) is 0 Å². The maximum absolute atomic E-state index is 13.1. The minimum absolute atomic E-state index is 0.116. The van der Waals surface area contributed by atoms with Crippen LogP contribution in [0.1, 0.15) is 37.4 Å². The first-order chi connectivity index (χ1) is 14.0. The number of nitrogens with zero attached hydrogens (tertiary/aromatic N) is 2. The van der Waals surface area contributed by atoms with E-state index in [1.54, 1.807) is 35.2 Å². The van der Waals surface area contributed by atoms with Crippen molar-refractivity contribution in [3.8, 4) is 0 Å². The Bertz CT molecular complexity index is 1100. The van der Waals surface area contributed by atoms with Gasteiger partial charge in [0.25, 0.3) is 5.91 Å². The molecular formula is C24H19ClN2O2. The monoisotopic (exact) mass is 402 g/mol. The number of hydrogen-bond acceptors (Lipinski definition) is 3. The predicted molar refractivity (Wildman–Crippen MR) is 115 cm³/mol. The Morgan fingerprint density at radius 3 is 2.28 bits per heavy atom. The van der Waals surface area contributed by atoms with E-state index in [-0.39, 0.29) is 11.7 Å². The molecule has 1 aliphatic rings. The number of aryl methyl sites for hydroxylation is 1. The van der Waals surface area contributed by atoms with Crippen molar-refractivity contribution >= 4 is 29.1 Å². The molecule has 1 amide bonds. The molecular weight excluding hydrogens is 384 g/mol. The van der Waals surface area contributed by atoms with Crippen LogP contribution in [0.2, 0.25) is 5.02 Å². The smallest absolute Gasteiger partial charge is 0.259 e. The van der Waals surface area contributed by atoms with Crippen molar-refractivity contribution < 1.29 is 9.59 Å². The van der Waals surface area contributed by atoms with Gasteiger partial charge in [-0.05, 0) is 43.3 Å². The minimum atomic E-state index is -0.130. The molecule has 0 bridgehead atoms. The van der Waals surface area contributed by atoms with Gasteiger partial charge in [0.05, 0.1) is 6.54 Å². The maximum Gasteiger partial charge on any atom is 0.259 e. The molecule has 5 heteroatoms. The van der Waals surface area contributed by atoms with Gasteiger partial charge in [-0.2, -0.15) is 0 Å². The van der Waals surface area contributed by atoms with Crippen molar-refractivity contribution in [2.45, 2.75) is 6.92 Å². The summed E-state index contributed by atoms with van der Waals surface area (Å²) in [5.41, 5.74) is 3.40. The second-order valence-corrected chi connectivity index (χ2v) is 7.35. The van der Waals surface area contributed by atoms with Crippen LogP contribution < -0.4 is 0 Å². The summed E-state index contributed by atoms with van der Waals surface area (Å²) in [4.78, 5) is 32.4. The highest BCUT2D eigenvalue weighted by molar-refractivity contribution is 6.30. The number of amidine groups is 1. The van der Waals surface area contributed by atoms with Crippen molar-refractivity contribution in [3.63, 3.8) is 0 Å². The number of amides is 1. The molecule has 4 rings (SSSR count). The molecule has 0 aromatic heterocycles. The molecule has 144 valence electrons. The summed E-state index contributed by atoms with van der Waals surface area (Å²) in [6.45, 7) is 2.98. The van der Waals surface area contributed by atoms with Gasteiger partial charge >= 0.3 is 0 Å². The molecule has 4 nitrogen and oxygen atoms in total. The topological polar surface area (TPSA) is 49.7 Å². The van der Waals surface area contributed by atoms with Crippen LogP contribution in [0, 0.1) is 6.92 Å². The van der Waals surface area contributed by atoms with Gasteiger partial charge in [0.15, 0.2) is 5.78 Å². The van der Waals surface area contributed by atoms with E-state index in [4.69, 9.17) is 11.6 Å². The second kappa shape index (κ2) is 8.02. The Balaban J connectivity index is 1.69. The lowest BCUT2D eigenvalue weighted by molar-refractivity contribution is 0.0857. The first-order valence-electron chi connectivity index (χ1n) is 9.37. The van der Waals surface area contributed by atoms with Gasteiger partial charge in [0.2, 0.25) is 0 Å². The standard InChI is InChI=1S/C24H19ClN2O2/c1-16-6-8-18(9-7-16)24(29)27-15-14-26-23(27)21-5-3-2-4-20(21)22(28)17-10-12-19(25)13-11-17/h2-13H,14-15H2,1H3. The summed E-state index contributed by atoms with van der Waals surface area (Å²) in [7, 11) is 0. The Kier molecular flexibility index (Phi) is 5.28. The van der Waals surface area contributed by atoms with Crippen LogP contribution in [0.3, 0.4) is 0 Å². The highest BCUT2D eigenvalue weighted by atomic mass is 35.5. The zero-order chi connectivity index (χ0) is 20.4. The molecule has 0 saturated heterocycles.